The van der Waals surface area contributed by atoms with Gasteiger partial charge in [-0.15, -0.1) is 0 Å². The minimum atomic E-state index is -4.10. The quantitative estimate of drug-likeness (QED) is 0.396. The molecule has 1 heterocycles. The van der Waals surface area contributed by atoms with Crippen LogP contribution in [0.25, 0.3) is 0 Å². The monoisotopic (exact) mass is 511 g/mol. The van der Waals surface area contributed by atoms with Crippen LogP contribution < -0.4 is 0 Å². The van der Waals surface area contributed by atoms with E-state index in [2.05, 4.69) is 20.8 Å². The standard InChI is InChI=1S/C28H37NO4SSi/c1-21-15-17-25(18-16-21)34(32,33)29-24(20-26(30)35(5,6)28(2,3)4)19-23(27(29)31)14-10-13-22-11-8-7-9-12-22/h7-9,11-12,15-19,24H,10,13-14,20H2,1-6H3. The molecule has 0 bridgehead atoms. The van der Waals surface area contributed by atoms with Crippen LogP contribution in [0.15, 0.2) is 71.1 Å². The highest BCUT2D eigenvalue weighted by atomic mass is 32.2. The van der Waals surface area contributed by atoms with Crippen LogP contribution in [0.1, 0.15) is 51.2 Å². The van der Waals surface area contributed by atoms with Gasteiger partial charge in [0.2, 0.25) is 0 Å². The van der Waals surface area contributed by atoms with E-state index in [1.165, 1.54) is 17.7 Å². The zero-order valence-electron chi connectivity index (χ0n) is 21.7. The predicted molar refractivity (Wildman–Crippen MR) is 143 cm³/mol. The summed E-state index contributed by atoms with van der Waals surface area (Å²) in [4.78, 5) is 27.0. The van der Waals surface area contributed by atoms with Crippen LogP contribution in [0.4, 0.5) is 0 Å². The minimum absolute atomic E-state index is 0.0233. The normalized spacial score (nSPS) is 17.0. The average molecular weight is 512 g/mol. The zero-order valence-corrected chi connectivity index (χ0v) is 23.5. The van der Waals surface area contributed by atoms with E-state index in [9.17, 15) is 18.0 Å². The van der Waals surface area contributed by atoms with E-state index in [1.807, 2.05) is 50.3 Å². The first-order valence-electron chi connectivity index (χ1n) is 12.2. The Morgan fingerprint density at radius 3 is 2.14 bits per heavy atom. The molecule has 2 aromatic rings. The predicted octanol–water partition coefficient (Wildman–Crippen LogP) is 5.85. The van der Waals surface area contributed by atoms with E-state index < -0.39 is 30.0 Å². The molecule has 1 unspecified atom stereocenters. The maximum atomic E-state index is 13.6. The zero-order chi connectivity index (χ0) is 26.0. The molecule has 2 aromatic carbocycles. The first kappa shape index (κ1) is 27.1. The lowest BCUT2D eigenvalue weighted by Gasteiger charge is -2.36. The highest BCUT2D eigenvalue weighted by molar-refractivity contribution is 7.89. The van der Waals surface area contributed by atoms with Crippen molar-refractivity contribution in [1.29, 1.82) is 0 Å². The number of rotatable bonds is 9. The van der Waals surface area contributed by atoms with Gasteiger partial charge in [0.1, 0.15) is 13.5 Å². The third kappa shape index (κ3) is 5.84. The lowest BCUT2D eigenvalue weighted by molar-refractivity contribution is -0.122. The molecule has 0 saturated carbocycles. The summed E-state index contributed by atoms with van der Waals surface area (Å²) in [5, 5.41) is -0.0936. The van der Waals surface area contributed by atoms with Crippen LogP contribution in [0, 0.1) is 6.92 Å². The van der Waals surface area contributed by atoms with Crippen molar-refractivity contribution in [2.75, 3.05) is 0 Å². The highest BCUT2D eigenvalue weighted by Gasteiger charge is 2.47. The molecule has 188 valence electrons. The Morgan fingerprint density at radius 1 is 0.971 bits per heavy atom. The van der Waals surface area contributed by atoms with Crippen molar-refractivity contribution in [3.05, 3.63) is 77.4 Å². The van der Waals surface area contributed by atoms with Gasteiger partial charge in [-0.25, -0.2) is 12.7 Å². The van der Waals surface area contributed by atoms with Crippen LogP contribution in [-0.4, -0.2) is 38.2 Å². The summed E-state index contributed by atoms with van der Waals surface area (Å²) in [6.45, 7) is 12.1. The van der Waals surface area contributed by atoms with Gasteiger partial charge in [0.05, 0.1) is 10.9 Å². The second-order valence-electron chi connectivity index (χ2n) is 11.0. The second-order valence-corrected chi connectivity index (χ2v) is 18.1. The van der Waals surface area contributed by atoms with Gasteiger partial charge in [-0.05, 0) is 48.9 Å². The van der Waals surface area contributed by atoms with Crippen LogP contribution in [0.3, 0.4) is 0 Å². The maximum Gasteiger partial charge on any atom is 0.267 e. The van der Waals surface area contributed by atoms with Crippen molar-refractivity contribution in [3.63, 3.8) is 0 Å². The molecule has 0 saturated heterocycles. The number of nitrogens with zero attached hydrogens (tertiary/aromatic N) is 1. The van der Waals surface area contributed by atoms with Gasteiger partial charge in [-0.2, -0.15) is 0 Å². The number of hydrogen-bond acceptors (Lipinski definition) is 4. The van der Waals surface area contributed by atoms with Gasteiger partial charge in [0, 0.05) is 12.0 Å². The lowest BCUT2D eigenvalue weighted by atomic mass is 10.0. The Hall–Kier alpha value is -2.51. The molecule has 1 amide bonds. The number of aryl methyl sites for hydroxylation is 2. The molecule has 1 atom stereocenters. The fourth-order valence-electron chi connectivity index (χ4n) is 4.10. The van der Waals surface area contributed by atoms with E-state index in [0.29, 0.717) is 12.0 Å². The van der Waals surface area contributed by atoms with Crippen molar-refractivity contribution in [2.45, 2.75) is 82.4 Å². The Bertz CT molecular complexity index is 1210. The molecule has 35 heavy (non-hydrogen) atoms. The Kier molecular flexibility index (Phi) is 7.92. The van der Waals surface area contributed by atoms with Crippen molar-refractivity contribution < 1.29 is 18.0 Å². The van der Waals surface area contributed by atoms with E-state index >= 15 is 0 Å². The highest BCUT2D eigenvalue weighted by Crippen LogP contribution is 2.39. The van der Waals surface area contributed by atoms with Crippen molar-refractivity contribution in [3.8, 4) is 0 Å². The number of sulfonamides is 1. The van der Waals surface area contributed by atoms with Crippen LogP contribution in [0.2, 0.25) is 18.1 Å². The number of carbonyl (C=O) groups excluding carboxylic acids is 2. The molecule has 0 radical (unpaired) electrons. The number of carbonyl (C=O) groups is 2. The van der Waals surface area contributed by atoms with E-state index in [1.54, 1.807) is 18.2 Å². The molecule has 5 nitrogen and oxygen atoms in total. The summed E-state index contributed by atoms with van der Waals surface area (Å²) in [7, 11) is -6.46. The van der Waals surface area contributed by atoms with Crippen LogP contribution >= 0.6 is 0 Å². The number of benzene rings is 2. The summed E-state index contributed by atoms with van der Waals surface area (Å²) in [5.41, 5.74) is 2.58. The smallest absolute Gasteiger partial charge is 0.267 e. The summed E-state index contributed by atoms with van der Waals surface area (Å²) in [6.07, 6.45) is 3.74. The van der Waals surface area contributed by atoms with E-state index in [4.69, 9.17) is 0 Å². The van der Waals surface area contributed by atoms with Crippen molar-refractivity contribution in [2.24, 2.45) is 0 Å². The van der Waals surface area contributed by atoms with Gasteiger partial charge in [-0.3, -0.25) is 4.79 Å². The summed E-state index contributed by atoms with van der Waals surface area (Å²) < 4.78 is 28.2. The molecule has 0 aromatic heterocycles. The third-order valence-electron chi connectivity index (χ3n) is 7.47. The molecule has 7 heteroatoms. The van der Waals surface area contributed by atoms with E-state index in [0.717, 1.165) is 22.7 Å². The second kappa shape index (κ2) is 10.2. The van der Waals surface area contributed by atoms with Crippen LogP contribution in [0.5, 0.6) is 0 Å². The minimum Gasteiger partial charge on any atom is -0.305 e. The van der Waals surface area contributed by atoms with Gasteiger partial charge < -0.3 is 4.79 Å². The summed E-state index contributed by atoms with van der Waals surface area (Å²) >= 11 is 0. The molecule has 0 N–H and O–H groups in total. The molecule has 3 rings (SSSR count). The average Bonchev–Trinajstić information content (AvgIpc) is 3.09. The lowest BCUT2D eigenvalue weighted by Crippen LogP contribution is -2.49. The number of hydrogen-bond donors (Lipinski definition) is 0. The molecular weight excluding hydrogens is 474 g/mol. The molecule has 0 spiro atoms. The van der Waals surface area contributed by atoms with Gasteiger partial charge >= 0.3 is 0 Å². The molecule has 0 fully saturated rings. The Balaban J connectivity index is 1.90. The molecule has 1 aliphatic rings. The van der Waals surface area contributed by atoms with Crippen molar-refractivity contribution >= 4 is 29.4 Å². The topological polar surface area (TPSA) is 71.5 Å². The first-order valence-corrected chi connectivity index (χ1v) is 16.6. The number of amides is 1. The maximum absolute atomic E-state index is 13.6. The van der Waals surface area contributed by atoms with Crippen molar-refractivity contribution in [1.82, 2.24) is 4.31 Å². The summed E-state index contributed by atoms with van der Waals surface area (Å²) in [5.74, 6) is -0.508. The van der Waals surface area contributed by atoms with Gasteiger partial charge in [-0.1, -0.05) is 88.0 Å². The molecular formula is C28H37NO4SSi. The first-order chi connectivity index (χ1) is 16.2. The Labute approximate surface area is 211 Å². The fraction of sp³-hybridized carbons (Fsp3) is 0.429. The molecule has 0 aliphatic carbocycles. The third-order valence-corrected chi connectivity index (χ3v) is 14.6. The largest absolute Gasteiger partial charge is 0.305 e. The SMILES string of the molecule is Cc1ccc(S(=O)(=O)N2C(=O)C(CCCc3ccccc3)=CC2CC(=O)[Si](C)(C)C(C)(C)C)cc1. The Morgan fingerprint density at radius 2 is 1.57 bits per heavy atom. The van der Waals surface area contributed by atoms with E-state index in [-0.39, 0.29) is 21.8 Å². The molecule has 1 aliphatic heterocycles. The summed E-state index contributed by atoms with van der Waals surface area (Å²) in [6, 6.07) is 15.7. The van der Waals surface area contributed by atoms with Gasteiger partial charge in [0.25, 0.3) is 15.9 Å². The fourth-order valence-corrected chi connectivity index (χ4v) is 7.19. The van der Waals surface area contributed by atoms with Crippen LogP contribution in [-0.2, 0) is 26.0 Å². The van der Waals surface area contributed by atoms with Gasteiger partial charge in [0.15, 0.2) is 0 Å².